The molecule has 1 aromatic heterocycles. The molecule has 0 atom stereocenters. The lowest BCUT2D eigenvalue weighted by molar-refractivity contribution is -0.384. The SMILES string of the molecule is COc1ccc(C(=O)c2sc(N3CCCCCC3)nc2-c2ccc([N+](=O)[O-])cc2)cc1. The van der Waals surface area contributed by atoms with Gasteiger partial charge < -0.3 is 9.64 Å². The maximum atomic E-state index is 13.4. The van der Waals surface area contributed by atoms with E-state index in [1.165, 1.54) is 36.3 Å². The van der Waals surface area contributed by atoms with Crippen LogP contribution in [0.1, 0.15) is 40.9 Å². The van der Waals surface area contributed by atoms with E-state index in [2.05, 4.69) is 4.90 Å². The second-order valence-electron chi connectivity index (χ2n) is 7.44. The molecule has 0 radical (unpaired) electrons. The first-order chi connectivity index (χ1) is 15.1. The van der Waals surface area contributed by atoms with Gasteiger partial charge in [0.15, 0.2) is 5.13 Å². The Kier molecular flexibility index (Phi) is 6.27. The summed E-state index contributed by atoms with van der Waals surface area (Å²) in [7, 11) is 1.58. The Bertz CT molecular complexity index is 1070. The molecule has 1 saturated heterocycles. The van der Waals surface area contributed by atoms with Crippen molar-refractivity contribution in [3.05, 3.63) is 69.1 Å². The topological polar surface area (TPSA) is 85.6 Å². The van der Waals surface area contributed by atoms with Crippen LogP contribution >= 0.6 is 11.3 Å². The maximum Gasteiger partial charge on any atom is 0.269 e. The summed E-state index contributed by atoms with van der Waals surface area (Å²) in [6.45, 7) is 1.84. The second kappa shape index (κ2) is 9.26. The highest BCUT2D eigenvalue weighted by Gasteiger charge is 2.24. The molecular formula is C23H23N3O4S. The van der Waals surface area contributed by atoms with Crippen LogP contribution in [0.4, 0.5) is 10.8 Å². The van der Waals surface area contributed by atoms with Gasteiger partial charge in [-0.25, -0.2) is 4.98 Å². The zero-order chi connectivity index (χ0) is 21.8. The minimum absolute atomic E-state index is 0.00903. The van der Waals surface area contributed by atoms with Gasteiger partial charge in [-0.1, -0.05) is 24.2 Å². The van der Waals surface area contributed by atoms with Crippen LogP contribution in [0.2, 0.25) is 0 Å². The summed E-state index contributed by atoms with van der Waals surface area (Å²) in [6, 6.07) is 13.2. The Hall–Kier alpha value is -3.26. The molecule has 1 aliphatic heterocycles. The fourth-order valence-electron chi connectivity index (χ4n) is 3.67. The van der Waals surface area contributed by atoms with Crippen LogP contribution in [0.15, 0.2) is 48.5 Å². The number of hydrogen-bond donors (Lipinski definition) is 0. The van der Waals surface area contributed by atoms with Crippen molar-refractivity contribution in [1.29, 1.82) is 0 Å². The summed E-state index contributed by atoms with van der Waals surface area (Å²) in [5, 5.41) is 11.9. The van der Waals surface area contributed by atoms with Gasteiger partial charge in [-0.05, 0) is 49.2 Å². The maximum absolute atomic E-state index is 13.4. The molecule has 1 fully saturated rings. The first kappa shape index (κ1) is 21.0. The van der Waals surface area contributed by atoms with E-state index in [-0.39, 0.29) is 11.5 Å². The zero-order valence-electron chi connectivity index (χ0n) is 17.2. The van der Waals surface area contributed by atoms with Gasteiger partial charge in [0.05, 0.1) is 17.7 Å². The number of methoxy groups -OCH3 is 1. The van der Waals surface area contributed by atoms with Gasteiger partial charge in [0.2, 0.25) is 5.78 Å². The Morgan fingerprint density at radius 3 is 2.26 bits per heavy atom. The van der Waals surface area contributed by atoms with Crippen molar-refractivity contribution in [2.75, 3.05) is 25.1 Å². The van der Waals surface area contributed by atoms with Gasteiger partial charge in [-0.2, -0.15) is 0 Å². The summed E-state index contributed by atoms with van der Waals surface area (Å²) in [5.74, 6) is 0.566. The highest BCUT2D eigenvalue weighted by atomic mass is 32.1. The molecule has 1 aliphatic rings. The van der Waals surface area contributed by atoms with Crippen molar-refractivity contribution < 1.29 is 14.5 Å². The molecule has 8 heteroatoms. The summed E-state index contributed by atoms with van der Waals surface area (Å²) in [4.78, 5) is 31.6. The van der Waals surface area contributed by atoms with Crippen LogP contribution < -0.4 is 9.64 Å². The van der Waals surface area contributed by atoms with Gasteiger partial charge >= 0.3 is 0 Å². The number of non-ortho nitro benzene ring substituents is 1. The number of anilines is 1. The normalized spacial score (nSPS) is 14.2. The molecule has 0 unspecified atom stereocenters. The number of carbonyl (C=O) groups is 1. The van der Waals surface area contributed by atoms with Gasteiger partial charge in [0.25, 0.3) is 5.69 Å². The van der Waals surface area contributed by atoms with E-state index in [1.807, 2.05) is 0 Å². The minimum Gasteiger partial charge on any atom is -0.497 e. The fourth-order valence-corrected chi connectivity index (χ4v) is 4.77. The number of rotatable bonds is 6. The van der Waals surface area contributed by atoms with E-state index in [9.17, 15) is 14.9 Å². The highest BCUT2D eigenvalue weighted by Crippen LogP contribution is 2.36. The van der Waals surface area contributed by atoms with Crippen molar-refractivity contribution in [2.45, 2.75) is 25.7 Å². The largest absolute Gasteiger partial charge is 0.497 e. The van der Waals surface area contributed by atoms with Crippen LogP contribution in [-0.4, -0.2) is 35.9 Å². The monoisotopic (exact) mass is 437 g/mol. The summed E-state index contributed by atoms with van der Waals surface area (Å²) in [6.07, 6.45) is 4.62. The van der Waals surface area contributed by atoms with Crippen molar-refractivity contribution in [3.8, 4) is 17.0 Å². The molecule has 160 valence electrons. The number of ether oxygens (including phenoxy) is 1. The highest BCUT2D eigenvalue weighted by molar-refractivity contribution is 7.18. The summed E-state index contributed by atoms with van der Waals surface area (Å²) < 4.78 is 5.19. The van der Waals surface area contributed by atoms with E-state index in [4.69, 9.17) is 9.72 Å². The third-order valence-corrected chi connectivity index (χ3v) is 6.52. The first-order valence-corrected chi connectivity index (χ1v) is 11.1. The van der Waals surface area contributed by atoms with Crippen molar-refractivity contribution >= 4 is 27.9 Å². The lowest BCUT2D eigenvalue weighted by Crippen LogP contribution is -2.23. The molecule has 0 amide bonds. The van der Waals surface area contributed by atoms with Crippen LogP contribution in [0, 0.1) is 10.1 Å². The van der Waals surface area contributed by atoms with Crippen molar-refractivity contribution in [2.24, 2.45) is 0 Å². The molecule has 0 N–H and O–H groups in total. The standard InChI is InChI=1S/C23H23N3O4S/c1-30-19-12-8-17(9-13-19)21(27)22-20(16-6-10-18(11-7-16)26(28)29)24-23(31-22)25-14-4-2-3-5-15-25/h6-13H,2-5,14-15H2,1H3. The number of benzene rings is 2. The van der Waals surface area contributed by atoms with E-state index in [0.29, 0.717) is 27.4 Å². The molecule has 0 aliphatic carbocycles. The number of ketones is 1. The Morgan fingerprint density at radius 2 is 1.68 bits per heavy atom. The van der Waals surface area contributed by atoms with Gasteiger partial charge in [0.1, 0.15) is 10.6 Å². The van der Waals surface area contributed by atoms with Crippen LogP contribution in [-0.2, 0) is 0 Å². The minimum atomic E-state index is -0.434. The van der Waals surface area contributed by atoms with E-state index in [0.717, 1.165) is 31.1 Å². The number of nitro groups is 1. The van der Waals surface area contributed by atoms with Crippen LogP contribution in [0.5, 0.6) is 5.75 Å². The van der Waals surface area contributed by atoms with Gasteiger partial charge in [-0.3, -0.25) is 14.9 Å². The van der Waals surface area contributed by atoms with Crippen LogP contribution in [0.3, 0.4) is 0 Å². The number of nitro benzene ring substituents is 1. The molecule has 4 rings (SSSR count). The molecule has 7 nitrogen and oxygen atoms in total. The molecule has 0 saturated carbocycles. The van der Waals surface area contributed by atoms with Crippen LogP contribution in [0.25, 0.3) is 11.3 Å². The number of nitrogens with zero attached hydrogens (tertiary/aromatic N) is 3. The molecular weight excluding hydrogens is 414 g/mol. The third kappa shape index (κ3) is 4.59. The quantitative estimate of drug-likeness (QED) is 0.294. The summed E-state index contributed by atoms with van der Waals surface area (Å²) >= 11 is 1.39. The fraction of sp³-hybridized carbons (Fsp3) is 0.304. The predicted octanol–water partition coefficient (Wildman–Crippen LogP) is 5.34. The van der Waals surface area contributed by atoms with Gasteiger partial charge in [-0.15, -0.1) is 0 Å². The summed E-state index contributed by atoms with van der Waals surface area (Å²) in [5.41, 5.74) is 1.82. The molecule has 2 aromatic carbocycles. The zero-order valence-corrected chi connectivity index (χ0v) is 18.1. The molecule has 3 aromatic rings. The lowest BCUT2D eigenvalue weighted by Gasteiger charge is -2.18. The lowest BCUT2D eigenvalue weighted by atomic mass is 10.0. The average molecular weight is 438 g/mol. The van der Waals surface area contributed by atoms with E-state index >= 15 is 0 Å². The predicted molar refractivity (Wildman–Crippen MR) is 121 cm³/mol. The Labute approximate surface area is 184 Å². The molecule has 2 heterocycles. The molecule has 0 bridgehead atoms. The van der Waals surface area contributed by atoms with Crippen molar-refractivity contribution in [1.82, 2.24) is 4.98 Å². The first-order valence-electron chi connectivity index (χ1n) is 10.3. The molecule has 31 heavy (non-hydrogen) atoms. The number of aromatic nitrogens is 1. The third-order valence-electron chi connectivity index (χ3n) is 5.40. The van der Waals surface area contributed by atoms with E-state index < -0.39 is 4.92 Å². The Balaban J connectivity index is 1.75. The Morgan fingerprint density at radius 1 is 1.03 bits per heavy atom. The van der Waals surface area contributed by atoms with Gasteiger partial charge in [0, 0.05) is 36.3 Å². The average Bonchev–Trinajstić information content (AvgIpc) is 3.06. The van der Waals surface area contributed by atoms with Crippen molar-refractivity contribution in [3.63, 3.8) is 0 Å². The smallest absolute Gasteiger partial charge is 0.269 e. The number of hydrogen-bond acceptors (Lipinski definition) is 7. The number of carbonyl (C=O) groups excluding carboxylic acids is 1. The second-order valence-corrected chi connectivity index (χ2v) is 8.41. The molecule has 0 spiro atoms. The van der Waals surface area contributed by atoms with E-state index in [1.54, 1.807) is 43.5 Å². The number of thiazole rings is 1.